The van der Waals surface area contributed by atoms with Gasteiger partial charge in [0.15, 0.2) is 0 Å². The van der Waals surface area contributed by atoms with Gasteiger partial charge in [0.2, 0.25) is 0 Å². The van der Waals surface area contributed by atoms with E-state index in [1.54, 1.807) is 0 Å². The van der Waals surface area contributed by atoms with Crippen molar-refractivity contribution in [1.82, 2.24) is 4.90 Å². The lowest BCUT2D eigenvalue weighted by Gasteiger charge is -2.25. The third-order valence-corrected chi connectivity index (χ3v) is 2.56. The molecule has 1 aliphatic rings. The molecule has 2 nitrogen and oxygen atoms in total. The highest BCUT2D eigenvalue weighted by atomic mass is 32.1. The zero-order valence-corrected chi connectivity index (χ0v) is 8.31. The van der Waals surface area contributed by atoms with Crippen LogP contribution in [-0.4, -0.2) is 29.5 Å². The molecule has 1 unspecified atom stereocenters. The molecule has 0 saturated heterocycles. The normalized spacial score (nSPS) is 20.8. The molecule has 0 aliphatic carbocycles. The maximum atomic E-state index is 5.54. The largest absolute Gasteiger partial charge is 0.393 e. The summed E-state index contributed by atoms with van der Waals surface area (Å²) in [5.74, 6) is 0.339. The van der Waals surface area contributed by atoms with E-state index in [4.69, 9.17) is 18.0 Å². The fourth-order valence-corrected chi connectivity index (χ4v) is 1.41. The molecule has 0 aromatic rings. The molecule has 1 rings (SSSR count). The first kappa shape index (κ1) is 9.68. The van der Waals surface area contributed by atoms with Gasteiger partial charge in [-0.25, -0.2) is 0 Å². The number of hydrogen-bond donors (Lipinski definition) is 1. The van der Waals surface area contributed by atoms with Gasteiger partial charge in [0.05, 0.1) is 4.99 Å². The smallest absolute Gasteiger partial charge is 0.0768 e. The van der Waals surface area contributed by atoms with Crippen molar-refractivity contribution in [3.8, 4) is 0 Å². The minimum atomic E-state index is 0.339. The molecule has 3 heteroatoms. The van der Waals surface area contributed by atoms with E-state index in [0.29, 0.717) is 10.9 Å². The Morgan fingerprint density at radius 2 is 2.42 bits per heavy atom. The van der Waals surface area contributed by atoms with Crippen molar-refractivity contribution in [2.75, 3.05) is 19.6 Å². The Labute approximate surface area is 79.4 Å². The van der Waals surface area contributed by atoms with E-state index in [9.17, 15) is 0 Å². The third-order valence-electron chi connectivity index (χ3n) is 2.16. The molecular formula is C9H16N2S. The molecule has 2 N–H and O–H groups in total. The van der Waals surface area contributed by atoms with Crippen molar-refractivity contribution in [1.29, 1.82) is 0 Å². The van der Waals surface area contributed by atoms with Crippen LogP contribution < -0.4 is 5.73 Å². The average molecular weight is 184 g/mol. The van der Waals surface area contributed by atoms with Gasteiger partial charge in [-0.3, -0.25) is 4.90 Å². The molecule has 1 atom stereocenters. The van der Waals surface area contributed by atoms with Gasteiger partial charge in [-0.15, -0.1) is 0 Å². The van der Waals surface area contributed by atoms with Crippen LogP contribution in [-0.2, 0) is 0 Å². The van der Waals surface area contributed by atoms with Crippen LogP contribution >= 0.6 is 12.2 Å². The highest BCUT2D eigenvalue weighted by molar-refractivity contribution is 7.80. The van der Waals surface area contributed by atoms with Gasteiger partial charge in [0, 0.05) is 25.6 Å². The summed E-state index contributed by atoms with van der Waals surface area (Å²) in [6.07, 6.45) is 5.59. The van der Waals surface area contributed by atoms with E-state index in [2.05, 4.69) is 24.0 Å². The second-order valence-corrected chi connectivity index (χ2v) is 3.79. The number of rotatable bonds is 3. The number of nitrogens with zero attached hydrogens (tertiary/aromatic N) is 1. The van der Waals surface area contributed by atoms with E-state index in [-0.39, 0.29) is 0 Å². The van der Waals surface area contributed by atoms with Gasteiger partial charge in [-0.1, -0.05) is 31.3 Å². The lowest BCUT2D eigenvalue weighted by molar-refractivity contribution is 0.282. The van der Waals surface area contributed by atoms with E-state index >= 15 is 0 Å². The second-order valence-electron chi connectivity index (χ2n) is 3.32. The summed E-state index contributed by atoms with van der Waals surface area (Å²) < 4.78 is 0. The molecule has 1 heterocycles. The predicted molar refractivity (Wildman–Crippen MR) is 56.1 cm³/mol. The maximum Gasteiger partial charge on any atom is 0.0768 e. The molecule has 12 heavy (non-hydrogen) atoms. The highest BCUT2D eigenvalue weighted by Gasteiger charge is 2.11. The molecule has 0 aromatic carbocycles. The van der Waals surface area contributed by atoms with Crippen molar-refractivity contribution in [3.63, 3.8) is 0 Å². The zero-order chi connectivity index (χ0) is 8.97. The summed E-state index contributed by atoms with van der Waals surface area (Å²) >= 11 is 4.92. The van der Waals surface area contributed by atoms with Crippen LogP contribution in [0, 0.1) is 5.92 Å². The van der Waals surface area contributed by atoms with Crippen molar-refractivity contribution >= 4 is 17.2 Å². The Morgan fingerprint density at radius 3 is 2.92 bits per heavy atom. The number of nitrogens with two attached hydrogens (primary N) is 1. The number of hydrogen-bond acceptors (Lipinski definition) is 2. The Kier molecular flexibility index (Phi) is 3.69. The molecule has 0 radical (unpaired) electrons. The summed E-state index contributed by atoms with van der Waals surface area (Å²) in [6.45, 7) is 5.27. The van der Waals surface area contributed by atoms with Crippen LogP contribution in [0.5, 0.6) is 0 Å². The lowest BCUT2D eigenvalue weighted by atomic mass is 10.1. The standard InChI is InChI=1S/C9H16N2S/c1-8(9(10)12)7-11-5-3-2-4-6-11/h2-3,8H,4-7H2,1H3,(H2,10,12). The van der Waals surface area contributed by atoms with Gasteiger partial charge in [-0.2, -0.15) is 0 Å². The van der Waals surface area contributed by atoms with Crippen LogP contribution in [0.25, 0.3) is 0 Å². The van der Waals surface area contributed by atoms with Crippen LogP contribution in [0.4, 0.5) is 0 Å². The first-order valence-electron chi connectivity index (χ1n) is 4.37. The number of thiocarbonyl (C=S) groups is 1. The summed E-state index contributed by atoms with van der Waals surface area (Å²) in [7, 11) is 0. The van der Waals surface area contributed by atoms with Gasteiger partial charge in [0.1, 0.15) is 0 Å². The molecule has 0 aromatic heterocycles. The molecule has 0 amide bonds. The van der Waals surface area contributed by atoms with Crippen LogP contribution in [0.3, 0.4) is 0 Å². The summed E-state index contributed by atoms with van der Waals surface area (Å²) in [5.41, 5.74) is 5.54. The van der Waals surface area contributed by atoms with Gasteiger partial charge < -0.3 is 5.73 Å². The van der Waals surface area contributed by atoms with E-state index in [1.807, 2.05) is 0 Å². The molecule has 68 valence electrons. The van der Waals surface area contributed by atoms with Crippen molar-refractivity contribution in [3.05, 3.63) is 12.2 Å². The Bertz CT molecular complexity index is 189. The van der Waals surface area contributed by atoms with E-state index in [0.717, 1.165) is 26.1 Å². The predicted octanol–water partition coefficient (Wildman–Crippen LogP) is 1.17. The summed E-state index contributed by atoms with van der Waals surface area (Å²) in [6, 6.07) is 0. The molecule has 1 aliphatic heterocycles. The topological polar surface area (TPSA) is 29.3 Å². The SMILES string of the molecule is CC(CN1CC=CCC1)C(N)=S. The Hall–Kier alpha value is -0.410. The van der Waals surface area contributed by atoms with Crippen molar-refractivity contribution in [2.24, 2.45) is 11.7 Å². The first-order valence-corrected chi connectivity index (χ1v) is 4.77. The first-order chi connectivity index (χ1) is 5.70. The average Bonchev–Trinajstić information content (AvgIpc) is 2.06. The fourth-order valence-electron chi connectivity index (χ4n) is 1.33. The van der Waals surface area contributed by atoms with Gasteiger partial charge >= 0.3 is 0 Å². The molecular weight excluding hydrogens is 168 g/mol. The minimum Gasteiger partial charge on any atom is -0.393 e. The summed E-state index contributed by atoms with van der Waals surface area (Å²) in [4.78, 5) is 3.01. The molecule has 0 spiro atoms. The molecule has 0 bridgehead atoms. The fraction of sp³-hybridized carbons (Fsp3) is 0.667. The van der Waals surface area contributed by atoms with E-state index < -0.39 is 0 Å². The van der Waals surface area contributed by atoms with Crippen LogP contribution in [0.1, 0.15) is 13.3 Å². The molecule has 0 saturated carbocycles. The third kappa shape index (κ3) is 2.91. The highest BCUT2D eigenvalue weighted by Crippen LogP contribution is 2.05. The van der Waals surface area contributed by atoms with Crippen molar-refractivity contribution < 1.29 is 0 Å². The summed E-state index contributed by atoms with van der Waals surface area (Å²) in [5, 5.41) is 0. The minimum absolute atomic E-state index is 0.339. The zero-order valence-electron chi connectivity index (χ0n) is 7.49. The monoisotopic (exact) mass is 184 g/mol. The lowest BCUT2D eigenvalue weighted by Crippen LogP contribution is -2.35. The van der Waals surface area contributed by atoms with Crippen molar-refractivity contribution in [2.45, 2.75) is 13.3 Å². The molecule has 0 fully saturated rings. The Morgan fingerprint density at radius 1 is 1.67 bits per heavy atom. The second kappa shape index (κ2) is 4.58. The van der Waals surface area contributed by atoms with Gasteiger partial charge in [0.25, 0.3) is 0 Å². The Balaban J connectivity index is 2.30. The maximum absolute atomic E-state index is 5.54. The van der Waals surface area contributed by atoms with E-state index in [1.165, 1.54) is 0 Å². The van der Waals surface area contributed by atoms with Crippen LogP contribution in [0.15, 0.2) is 12.2 Å². The quantitative estimate of drug-likeness (QED) is 0.527. The van der Waals surface area contributed by atoms with Crippen LogP contribution in [0.2, 0.25) is 0 Å². The van der Waals surface area contributed by atoms with Gasteiger partial charge in [-0.05, 0) is 6.42 Å².